The minimum Gasteiger partial charge on any atom is -0.493 e. The first-order chi connectivity index (χ1) is 13.7. The van der Waals surface area contributed by atoms with Crippen molar-refractivity contribution in [2.75, 3.05) is 40.4 Å². The van der Waals surface area contributed by atoms with Crippen LogP contribution >= 0.6 is 11.3 Å². The average Bonchev–Trinajstić information content (AvgIpc) is 3.41. The summed E-state index contributed by atoms with van der Waals surface area (Å²) in [5, 5.41) is 6.29. The van der Waals surface area contributed by atoms with Gasteiger partial charge in [-0.3, -0.25) is 9.80 Å². The largest absolute Gasteiger partial charge is 0.493 e. The number of benzene rings is 1. The molecule has 6 nitrogen and oxygen atoms in total. The topological polar surface area (TPSA) is 51.0 Å². The maximum atomic E-state index is 5.49. The third kappa shape index (κ3) is 4.38. The molecule has 3 heterocycles. The van der Waals surface area contributed by atoms with E-state index in [2.05, 4.69) is 44.6 Å². The normalized spacial score (nSPS) is 15.6. The molecule has 0 amide bonds. The quantitative estimate of drug-likeness (QED) is 0.603. The predicted molar refractivity (Wildman–Crippen MR) is 110 cm³/mol. The maximum absolute atomic E-state index is 5.49. The lowest BCUT2D eigenvalue weighted by atomic mass is 10.1. The van der Waals surface area contributed by atoms with Crippen LogP contribution < -0.4 is 9.47 Å². The Bertz CT molecular complexity index is 886. The molecule has 1 aliphatic heterocycles. The zero-order valence-electron chi connectivity index (χ0n) is 16.3. The molecule has 2 aromatic heterocycles. The molecule has 0 unspecified atom stereocenters. The van der Waals surface area contributed by atoms with Crippen LogP contribution in [0.3, 0.4) is 0 Å². The van der Waals surface area contributed by atoms with Crippen LogP contribution in [0.25, 0.3) is 10.6 Å². The summed E-state index contributed by atoms with van der Waals surface area (Å²) in [7, 11) is 3.34. The van der Waals surface area contributed by atoms with Crippen LogP contribution in [0, 0.1) is 0 Å². The fourth-order valence-corrected chi connectivity index (χ4v) is 4.17. The smallest absolute Gasteiger partial charge is 0.177 e. The Labute approximate surface area is 169 Å². The third-order valence-electron chi connectivity index (χ3n) is 5.03. The second-order valence-corrected chi connectivity index (χ2v) is 7.85. The Morgan fingerprint density at radius 1 is 0.964 bits per heavy atom. The van der Waals surface area contributed by atoms with Crippen molar-refractivity contribution < 1.29 is 14.0 Å². The molecular formula is C21H25N3O3S. The van der Waals surface area contributed by atoms with Gasteiger partial charge in [0.05, 0.1) is 24.8 Å². The highest BCUT2D eigenvalue weighted by Gasteiger charge is 2.19. The summed E-state index contributed by atoms with van der Waals surface area (Å²) in [6.07, 6.45) is 0. The summed E-state index contributed by atoms with van der Waals surface area (Å²) in [6, 6.07) is 12.3. The highest BCUT2D eigenvalue weighted by molar-refractivity contribution is 7.13. The second kappa shape index (κ2) is 8.77. The Balaban J connectivity index is 1.29. The monoisotopic (exact) mass is 399 g/mol. The van der Waals surface area contributed by atoms with E-state index in [-0.39, 0.29) is 0 Å². The van der Waals surface area contributed by atoms with Gasteiger partial charge in [0, 0.05) is 45.3 Å². The van der Waals surface area contributed by atoms with E-state index in [0.29, 0.717) is 0 Å². The van der Waals surface area contributed by atoms with E-state index in [1.165, 1.54) is 5.56 Å². The van der Waals surface area contributed by atoms with Crippen molar-refractivity contribution in [2.24, 2.45) is 0 Å². The fraction of sp³-hybridized carbons (Fsp3) is 0.381. The molecule has 0 N–H and O–H groups in total. The first-order valence-corrected chi connectivity index (χ1v) is 10.3. The van der Waals surface area contributed by atoms with Gasteiger partial charge in [-0.1, -0.05) is 17.3 Å². The van der Waals surface area contributed by atoms with E-state index in [1.54, 1.807) is 25.6 Å². The van der Waals surface area contributed by atoms with Gasteiger partial charge in [0.25, 0.3) is 0 Å². The first kappa shape index (κ1) is 19.0. The summed E-state index contributed by atoms with van der Waals surface area (Å²) in [4.78, 5) is 6.03. The van der Waals surface area contributed by atoms with Crippen molar-refractivity contribution >= 4 is 11.3 Å². The lowest BCUT2D eigenvalue weighted by molar-refractivity contribution is 0.120. The van der Waals surface area contributed by atoms with Crippen molar-refractivity contribution in [2.45, 2.75) is 13.1 Å². The molecule has 1 aromatic carbocycles. The molecule has 3 aromatic rings. The van der Waals surface area contributed by atoms with E-state index < -0.39 is 0 Å². The standard InChI is InChI=1S/C21H25N3O3S/c1-25-18-6-5-16(12-19(18)26-2)14-23-7-9-24(10-8-23)15-17-13-20(27-22-17)21-4-3-11-28-21/h3-6,11-13H,7-10,14-15H2,1-2H3. The summed E-state index contributed by atoms with van der Waals surface area (Å²) in [5.74, 6) is 2.41. The van der Waals surface area contributed by atoms with Gasteiger partial charge >= 0.3 is 0 Å². The number of ether oxygens (including phenoxy) is 2. The molecule has 0 aliphatic carbocycles. The van der Waals surface area contributed by atoms with Crippen LogP contribution in [0.5, 0.6) is 11.5 Å². The summed E-state index contributed by atoms with van der Waals surface area (Å²) in [6.45, 7) is 5.86. The number of hydrogen-bond acceptors (Lipinski definition) is 7. The minimum absolute atomic E-state index is 0.769. The number of piperazine rings is 1. The predicted octanol–water partition coefficient (Wildman–Crippen LogP) is 3.74. The van der Waals surface area contributed by atoms with Crippen molar-refractivity contribution in [1.29, 1.82) is 0 Å². The van der Waals surface area contributed by atoms with Gasteiger partial charge in [0.15, 0.2) is 17.3 Å². The second-order valence-electron chi connectivity index (χ2n) is 6.90. The van der Waals surface area contributed by atoms with Gasteiger partial charge in [-0.25, -0.2) is 0 Å². The van der Waals surface area contributed by atoms with E-state index >= 15 is 0 Å². The number of hydrogen-bond donors (Lipinski definition) is 0. The fourth-order valence-electron chi connectivity index (χ4n) is 3.49. The van der Waals surface area contributed by atoms with Gasteiger partial charge in [-0.05, 0) is 29.1 Å². The summed E-state index contributed by atoms with van der Waals surface area (Å²) < 4.78 is 16.2. The summed E-state index contributed by atoms with van der Waals surface area (Å²) >= 11 is 1.67. The van der Waals surface area contributed by atoms with Crippen LogP contribution in [0.4, 0.5) is 0 Å². The molecule has 0 atom stereocenters. The van der Waals surface area contributed by atoms with Crippen LogP contribution in [0.15, 0.2) is 46.3 Å². The lowest BCUT2D eigenvalue weighted by Crippen LogP contribution is -2.45. The molecule has 28 heavy (non-hydrogen) atoms. The zero-order chi connectivity index (χ0) is 19.3. The molecule has 0 saturated carbocycles. The van der Waals surface area contributed by atoms with E-state index in [9.17, 15) is 0 Å². The maximum Gasteiger partial charge on any atom is 0.177 e. The van der Waals surface area contributed by atoms with Crippen LogP contribution in [-0.2, 0) is 13.1 Å². The third-order valence-corrected chi connectivity index (χ3v) is 5.91. The van der Waals surface area contributed by atoms with Crippen molar-refractivity contribution in [3.8, 4) is 22.1 Å². The molecule has 1 saturated heterocycles. The number of thiophene rings is 1. The Kier molecular flexibility index (Phi) is 5.95. The average molecular weight is 400 g/mol. The Morgan fingerprint density at radius 2 is 1.71 bits per heavy atom. The Morgan fingerprint density at radius 3 is 2.39 bits per heavy atom. The first-order valence-electron chi connectivity index (χ1n) is 9.40. The molecule has 0 spiro atoms. The molecular weight excluding hydrogens is 374 g/mol. The molecule has 148 valence electrons. The number of rotatable bonds is 7. The van der Waals surface area contributed by atoms with Gasteiger partial charge in [0.2, 0.25) is 0 Å². The van der Waals surface area contributed by atoms with Crippen LogP contribution in [0.1, 0.15) is 11.3 Å². The number of methoxy groups -OCH3 is 2. The van der Waals surface area contributed by atoms with E-state index in [0.717, 1.165) is 67.1 Å². The molecule has 0 radical (unpaired) electrons. The van der Waals surface area contributed by atoms with Gasteiger partial charge in [-0.15, -0.1) is 11.3 Å². The zero-order valence-corrected chi connectivity index (χ0v) is 17.1. The number of nitrogens with zero attached hydrogens (tertiary/aromatic N) is 3. The molecule has 1 aliphatic rings. The van der Waals surface area contributed by atoms with Crippen molar-refractivity contribution in [3.63, 3.8) is 0 Å². The van der Waals surface area contributed by atoms with E-state index in [1.807, 2.05) is 12.1 Å². The molecule has 0 bridgehead atoms. The van der Waals surface area contributed by atoms with Crippen molar-refractivity contribution in [1.82, 2.24) is 15.0 Å². The molecule has 7 heteroatoms. The molecule has 4 rings (SSSR count). The van der Waals surface area contributed by atoms with E-state index in [4.69, 9.17) is 14.0 Å². The highest BCUT2D eigenvalue weighted by atomic mass is 32.1. The molecule has 1 fully saturated rings. The van der Waals surface area contributed by atoms with Gasteiger partial charge in [0.1, 0.15) is 0 Å². The highest BCUT2D eigenvalue weighted by Crippen LogP contribution is 2.28. The van der Waals surface area contributed by atoms with Gasteiger partial charge in [-0.2, -0.15) is 0 Å². The Hall–Kier alpha value is -2.35. The lowest BCUT2D eigenvalue weighted by Gasteiger charge is -2.34. The minimum atomic E-state index is 0.769. The van der Waals surface area contributed by atoms with Crippen LogP contribution in [0.2, 0.25) is 0 Å². The van der Waals surface area contributed by atoms with Crippen LogP contribution in [-0.4, -0.2) is 55.4 Å². The van der Waals surface area contributed by atoms with Gasteiger partial charge < -0.3 is 14.0 Å². The summed E-state index contributed by atoms with van der Waals surface area (Å²) in [5.41, 5.74) is 2.24. The van der Waals surface area contributed by atoms with Crippen molar-refractivity contribution in [3.05, 3.63) is 53.0 Å². The SMILES string of the molecule is COc1ccc(CN2CCN(Cc3cc(-c4cccs4)on3)CC2)cc1OC. The number of aromatic nitrogens is 1.